The summed E-state index contributed by atoms with van der Waals surface area (Å²) in [4.78, 5) is 12.3. The van der Waals surface area contributed by atoms with E-state index in [0.29, 0.717) is 23.5 Å². The third kappa shape index (κ3) is 2.13. The Bertz CT molecular complexity index is 722. The Balaban J connectivity index is 1.99. The number of imidazole rings is 1. The van der Waals surface area contributed by atoms with E-state index >= 15 is 0 Å². The molecule has 0 saturated heterocycles. The topological polar surface area (TPSA) is 89.9 Å². The zero-order valence-electron chi connectivity index (χ0n) is 10.2. The van der Waals surface area contributed by atoms with Gasteiger partial charge in [0.2, 0.25) is 0 Å². The van der Waals surface area contributed by atoms with Crippen molar-refractivity contribution in [1.82, 2.24) is 19.5 Å². The summed E-state index contributed by atoms with van der Waals surface area (Å²) in [6.45, 7) is 0.661. The van der Waals surface area contributed by atoms with E-state index in [2.05, 4.69) is 15.0 Å². The quantitative estimate of drug-likeness (QED) is 0.727. The molecule has 0 aliphatic carbocycles. The van der Waals surface area contributed by atoms with Gasteiger partial charge in [0.15, 0.2) is 11.5 Å². The summed E-state index contributed by atoms with van der Waals surface area (Å²) in [5.74, 6) is 0.382. The van der Waals surface area contributed by atoms with Gasteiger partial charge in [0.1, 0.15) is 11.8 Å². The first-order valence-electron chi connectivity index (χ1n) is 5.88. The third-order valence-corrected chi connectivity index (χ3v) is 2.96. The molecule has 0 bridgehead atoms. The third-order valence-electron chi connectivity index (χ3n) is 2.96. The molecule has 1 aromatic carbocycles. The van der Waals surface area contributed by atoms with Gasteiger partial charge in [-0.2, -0.15) is 0 Å². The average molecular weight is 255 g/mol. The van der Waals surface area contributed by atoms with Crippen LogP contribution in [-0.2, 0) is 13.2 Å². The Hall–Kier alpha value is -2.47. The number of rotatable bonds is 3. The normalized spacial score (nSPS) is 11.0. The number of nitrogens with two attached hydrogens (primary N) is 1. The molecule has 2 aromatic heterocycles. The van der Waals surface area contributed by atoms with Gasteiger partial charge < -0.3 is 15.4 Å². The van der Waals surface area contributed by atoms with Crippen molar-refractivity contribution in [3.8, 4) is 0 Å². The lowest BCUT2D eigenvalue weighted by atomic mass is 10.1. The first kappa shape index (κ1) is 11.6. The fraction of sp³-hybridized carbons (Fsp3) is 0.154. The minimum atomic E-state index is 0.0354. The van der Waals surface area contributed by atoms with E-state index in [9.17, 15) is 0 Å². The van der Waals surface area contributed by atoms with Gasteiger partial charge in [-0.05, 0) is 11.1 Å². The number of anilines is 1. The van der Waals surface area contributed by atoms with Gasteiger partial charge in [0.25, 0.3) is 0 Å². The monoisotopic (exact) mass is 255 g/mol. The van der Waals surface area contributed by atoms with Crippen molar-refractivity contribution < 1.29 is 5.11 Å². The van der Waals surface area contributed by atoms with Crippen LogP contribution in [0.1, 0.15) is 11.1 Å². The van der Waals surface area contributed by atoms with Crippen molar-refractivity contribution in [1.29, 1.82) is 0 Å². The Morgan fingerprint density at radius 2 is 2.00 bits per heavy atom. The van der Waals surface area contributed by atoms with Crippen molar-refractivity contribution in [2.75, 3.05) is 5.73 Å². The molecule has 0 amide bonds. The lowest BCUT2D eigenvalue weighted by molar-refractivity contribution is 0.281. The second-order valence-electron chi connectivity index (χ2n) is 4.28. The van der Waals surface area contributed by atoms with Crippen LogP contribution in [0.5, 0.6) is 0 Å². The number of aliphatic hydroxyl groups is 1. The molecule has 96 valence electrons. The van der Waals surface area contributed by atoms with Crippen molar-refractivity contribution in [2.24, 2.45) is 0 Å². The number of aromatic nitrogens is 4. The van der Waals surface area contributed by atoms with Crippen molar-refractivity contribution >= 4 is 17.0 Å². The van der Waals surface area contributed by atoms with E-state index in [0.717, 1.165) is 11.1 Å². The molecule has 2 heterocycles. The summed E-state index contributed by atoms with van der Waals surface area (Å²) in [6.07, 6.45) is 3.13. The van der Waals surface area contributed by atoms with E-state index in [1.807, 2.05) is 28.8 Å². The van der Waals surface area contributed by atoms with E-state index < -0.39 is 0 Å². The van der Waals surface area contributed by atoms with Crippen LogP contribution >= 0.6 is 0 Å². The standard InChI is InChI=1S/C13H13N5O/c14-12-11-13(16-7-15-12)18(8-17-11)5-9-2-1-3-10(4-9)6-19/h1-4,7-8,19H,5-6H2,(H2,14,15,16). The molecule has 0 saturated carbocycles. The van der Waals surface area contributed by atoms with Crippen molar-refractivity contribution in [2.45, 2.75) is 13.2 Å². The number of nitrogen functional groups attached to an aromatic ring is 1. The largest absolute Gasteiger partial charge is 0.392 e. The van der Waals surface area contributed by atoms with Crippen LogP contribution in [0.4, 0.5) is 5.82 Å². The molecular formula is C13H13N5O. The smallest absolute Gasteiger partial charge is 0.165 e. The molecule has 6 heteroatoms. The molecule has 0 fully saturated rings. The maximum Gasteiger partial charge on any atom is 0.165 e. The second kappa shape index (κ2) is 4.66. The highest BCUT2D eigenvalue weighted by Gasteiger charge is 2.08. The summed E-state index contributed by atoms with van der Waals surface area (Å²) >= 11 is 0. The highest BCUT2D eigenvalue weighted by molar-refractivity contribution is 5.81. The first-order chi connectivity index (χ1) is 9.28. The number of benzene rings is 1. The summed E-state index contributed by atoms with van der Waals surface area (Å²) in [5, 5.41) is 9.14. The van der Waals surface area contributed by atoms with Gasteiger partial charge in [-0.3, -0.25) is 0 Å². The van der Waals surface area contributed by atoms with Crippen LogP contribution in [0.25, 0.3) is 11.2 Å². The van der Waals surface area contributed by atoms with E-state index in [1.165, 1.54) is 6.33 Å². The molecule has 0 aliphatic rings. The molecule has 19 heavy (non-hydrogen) atoms. The van der Waals surface area contributed by atoms with E-state index in [-0.39, 0.29) is 6.61 Å². The van der Waals surface area contributed by atoms with E-state index in [1.54, 1.807) is 6.33 Å². The molecule has 0 spiro atoms. The minimum Gasteiger partial charge on any atom is -0.392 e. The molecule has 0 atom stereocenters. The zero-order chi connectivity index (χ0) is 13.2. The fourth-order valence-electron chi connectivity index (χ4n) is 2.04. The Kier molecular flexibility index (Phi) is 2.85. The van der Waals surface area contributed by atoms with Crippen LogP contribution in [0.3, 0.4) is 0 Å². The molecule has 0 aliphatic heterocycles. The highest BCUT2D eigenvalue weighted by atomic mass is 16.3. The molecule has 6 nitrogen and oxygen atoms in total. The van der Waals surface area contributed by atoms with E-state index in [4.69, 9.17) is 10.8 Å². The first-order valence-corrected chi connectivity index (χ1v) is 5.88. The molecule has 0 unspecified atom stereocenters. The van der Waals surface area contributed by atoms with Gasteiger partial charge in [-0.1, -0.05) is 24.3 Å². The Labute approximate surface area is 109 Å². The molecule has 3 aromatic rings. The minimum absolute atomic E-state index is 0.0354. The fourth-order valence-corrected chi connectivity index (χ4v) is 2.04. The second-order valence-corrected chi connectivity index (χ2v) is 4.28. The summed E-state index contributed by atoms with van der Waals surface area (Å²) < 4.78 is 1.91. The van der Waals surface area contributed by atoms with Gasteiger partial charge >= 0.3 is 0 Å². The van der Waals surface area contributed by atoms with Crippen LogP contribution in [0.15, 0.2) is 36.9 Å². The lowest BCUT2D eigenvalue weighted by Crippen LogP contribution is -2.01. The predicted octanol–water partition coefficient (Wildman–Crippen LogP) is 0.949. The molecular weight excluding hydrogens is 242 g/mol. The average Bonchev–Trinajstić information content (AvgIpc) is 2.84. The number of aliphatic hydroxyl groups excluding tert-OH is 1. The predicted molar refractivity (Wildman–Crippen MR) is 71.2 cm³/mol. The van der Waals surface area contributed by atoms with Crippen molar-refractivity contribution in [3.05, 3.63) is 48.0 Å². The van der Waals surface area contributed by atoms with Crippen molar-refractivity contribution in [3.63, 3.8) is 0 Å². The Morgan fingerprint density at radius 1 is 1.16 bits per heavy atom. The van der Waals surface area contributed by atoms with Crippen LogP contribution in [0.2, 0.25) is 0 Å². The summed E-state index contributed by atoms with van der Waals surface area (Å²) in [5.41, 5.74) is 9.03. The van der Waals surface area contributed by atoms with Gasteiger partial charge in [-0.25, -0.2) is 15.0 Å². The lowest BCUT2D eigenvalue weighted by Gasteiger charge is -2.05. The van der Waals surface area contributed by atoms with Gasteiger partial charge in [-0.15, -0.1) is 0 Å². The number of fused-ring (bicyclic) bond motifs is 1. The van der Waals surface area contributed by atoms with Crippen LogP contribution in [0, 0.1) is 0 Å². The Morgan fingerprint density at radius 3 is 2.84 bits per heavy atom. The number of hydrogen-bond acceptors (Lipinski definition) is 5. The summed E-state index contributed by atoms with van der Waals surface area (Å²) in [7, 11) is 0. The number of nitrogens with zero attached hydrogens (tertiary/aromatic N) is 4. The molecule has 3 N–H and O–H groups in total. The number of hydrogen-bond donors (Lipinski definition) is 2. The maximum absolute atomic E-state index is 9.14. The van der Waals surface area contributed by atoms with Crippen LogP contribution < -0.4 is 5.73 Å². The van der Waals surface area contributed by atoms with Gasteiger partial charge in [0, 0.05) is 0 Å². The molecule has 0 radical (unpaired) electrons. The van der Waals surface area contributed by atoms with Gasteiger partial charge in [0.05, 0.1) is 19.5 Å². The summed E-state index contributed by atoms with van der Waals surface area (Å²) in [6, 6.07) is 7.75. The SMILES string of the molecule is Nc1ncnc2c1ncn2Cc1cccc(CO)c1. The highest BCUT2D eigenvalue weighted by Crippen LogP contribution is 2.16. The molecule has 3 rings (SSSR count). The van der Waals surface area contributed by atoms with Crippen LogP contribution in [-0.4, -0.2) is 24.6 Å². The maximum atomic E-state index is 9.14. The zero-order valence-corrected chi connectivity index (χ0v) is 10.2.